The van der Waals surface area contributed by atoms with Crippen LogP contribution in [0.2, 0.25) is 0 Å². The van der Waals surface area contributed by atoms with Crippen LogP contribution in [0.1, 0.15) is 38.5 Å². The van der Waals surface area contributed by atoms with Crippen LogP contribution in [0, 0.1) is 17.6 Å². The largest absolute Gasteiger partial charge is 0.481 e. The highest BCUT2D eigenvalue weighted by Gasteiger charge is 2.45. The molecule has 0 aliphatic carbocycles. The van der Waals surface area contributed by atoms with Crippen LogP contribution in [0.5, 0.6) is 6.01 Å². The third kappa shape index (κ3) is 4.45. The summed E-state index contributed by atoms with van der Waals surface area (Å²) in [6.45, 7) is 3.32. The Hall–Kier alpha value is -3.92. The van der Waals surface area contributed by atoms with Gasteiger partial charge in [-0.3, -0.25) is 14.7 Å². The van der Waals surface area contributed by atoms with Gasteiger partial charge in [0.05, 0.1) is 16.8 Å². The Morgan fingerprint density at radius 1 is 1.05 bits per heavy atom. The van der Waals surface area contributed by atoms with Crippen molar-refractivity contribution in [2.45, 2.75) is 44.1 Å². The SMILES string of the molecule is O=C(O)C1CCCN(c2nc(OCC34CCCN3CCC4)nc3c(F)c(-c4cccc5cccc(F)c45)ncc23)C1. The number of pyridine rings is 1. The molecule has 3 aliphatic rings. The molecule has 5 heterocycles. The Balaban J connectivity index is 1.35. The number of halogens is 2. The first kappa shape index (κ1) is 26.0. The van der Waals surface area contributed by atoms with E-state index in [0.717, 1.165) is 38.8 Å². The first-order valence-electron chi connectivity index (χ1n) is 14.3. The van der Waals surface area contributed by atoms with Crippen molar-refractivity contribution in [1.29, 1.82) is 0 Å². The van der Waals surface area contributed by atoms with E-state index in [0.29, 0.717) is 48.1 Å². The molecule has 3 saturated heterocycles. The van der Waals surface area contributed by atoms with Gasteiger partial charge in [-0.2, -0.15) is 9.97 Å². The Morgan fingerprint density at radius 2 is 1.83 bits per heavy atom. The maximum absolute atomic E-state index is 16.4. The van der Waals surface area contributed by atoms with E-state index in [9.17, 15) is 14.3 Å². The molecule has 0 bridgehead atoms. The lowest BCUT2D eigenvalue weighted by atomic mass is 9.95. The van der Waals surface area contributed by atoms with Crippen molar-refractivity contribution in [3.8, 4) is 17.3 Å². The Bertz CT molecular complexity index is 1650. The smallest absolute Gasteiger partial charge is 0.319 e. The van der Waals surface area contributed by atoms with Gasteiger partial charge in [0, 0.05) is 30.2 Å². The highest BCUT2D eigenvalue weighted by Crippen LogP contribution is 2.40. The summed E-state index contributed by atoms with van der Waals surface area (Å²) >= 11 is 0. The average molecular weight is 560 g/mol. The van der Waals surface area contributed by atoms with Crippen molar-refractivity contribution in [1.82, 2.24) is 19.9 Å². The van der Waals surface area contributed by atoms with Gasteiger partial charge >= 0.3 is 12.0 Å². The number of nitrogens with zero attached hydrogens (tertiary/aromatic N) is 5. The molecule has 7 rings (SSSR count). The molecule has 2 aromatic carbocycles. The van der Waals surface area contributed by atoms with E-state index in [1.165, 1.54) is 12.3 Å². The number of hydrogen-bond acceptors (Lipinski definition) is 7. The lowest BCUT2D eigenvalue weighted by Gasteiger charge is -2.33. The van der Waals surface area contributed by atoms with E-state index in [1.54, 1.807) is 30.3 Å². The summed E-state index contributed by atoms with van der Waals surface area (Å²) in [5.74, 6) is -2.17. The molecule has 1 unspecified atom stereocenters. The van der Waals surface area contributed by atoms with E-state index in [2.05, 4.69) is 14.9 Å². The van der Waals surface area contributed by atoms with Crippen molar-refractivity contribution >= 4 is 33.5 Å². The molecule has 10 heteroatoms. The normalized spacial score (nSPS) is 20.5. The fraction of sp³-hybridized carbons (Fsp3) is 0.419. The summed E-state index contributed by atoms with van der Waals surface area (Å²) in [4.78, 5) is 29.9. The van der Waals surface area contributed by atoms with Gasteiger partial charge in [-0.05, 0) is 63.1 Å². The monoisotopic (exact) mass is 559 g/mol. The molecule has 4 aromatic rings. The fourth-order valence-electron chi connectivity index (χ4n) is 7.04. The molecule has 2 aromatic heterocycles. The number of carboxylic acid groups (broad SMARTS) is 1. The van der Waals surface area contributed by atoms with Gasteiger partial charge in [-0.25, -0.2) is 8.78 Å². The molecular formula is C31H31F2N5O3. The number of carbonyl (C=O) groups is 1. The first-order chi connectivity index (χ1) is 19.9. The van der Waals surface area contributed by atoms with Crippen LogP contribution in [0.25, 0.3) is 32.9 Å². The minimum Gasteiger partial charge on any atom is -0.481 e. The summed E-state index contributed by atoms with van der Waals surface area (Å²) in [5.41, 5.74) is 0.286. The van der Waals surface area contributed by atoms with Gasteiger partial charge in [-0.1, -0.05) is 30.3 Å². The van der Waals surface area contributed by atoms with Crippen molar-refractivity contribution in [2.24, 2.45) is 5.92 Å². The number of ether oxygens (including phenoxy) is 1. The standard InChI is InChI=1S/C31H31F2N5O3/c32-23-10-2-7-19-6-1-9-21(24(19)23)26-25(33)27-22(16-34-26)28(37-13-3-8-20(17-37)29(39)40)36-30(35-27)41-18-31-11-4-14-38(31)15-5-12-31/h1-2,6-7,9-10,16,20H,3-5,8,11-15,17-18H2,(H,39,40). The van der Waals surface area contributed by atoms with Crippen LogP contribution < -0.4 is 9.64 Å². The summed E-state index contributed by atoms with van der Waals surface area (Å²) in [5, 5.41) is 11.0. The van der Waals surface area contributed by atoms with Crippen LogP contribution in [-0.4, -0.2) is 69.3 Å². The molecule has 0 radical (unpaired) electrons. The zero-order chi connectivity index (χ0) is 28.1. The summed E-state index contributed by atoms with van der Waals surface area (Å²) in [6.07, 6.45) is 7.04. The second-order valence-electron chi connectivity index (χ2n) is 11.5. The van der Waals surface area contributed by atoms with Crippen LogP contribution >= 0.6 is 0 Å². The quantitative estimate of drug-likeness (QED) is 0.334. The van der Waals surface area contributed by atoms with Crippen molar-refractivity contribution in [2.75, 3.05) is 37.7 Å². The van der Waals surface area contributed by atoms with Gasteiger partial charge in [0.15, 0.2) is 5.82 Å². The number of piperidine rings is 1. The van der Waals surface area contributed by atoms with Crippen molar-refractivity contribution in [3.05, 3.63) is 54.2 Å². The fourth-order valence-corrected chi connectivity index (χ4v) is 7.04. The molecule has 0 amide bonds. The van der Waals surface area contributed by atoms with Crippen LogP contribution in [0.15, 0.2) is 42.6 Å². The molecule has 0 saturated carbocycles. The van der Waals surface area contributed by atoms with Gasteiger partial charge in [0.25, 0.3) is 0 Å². The highest BCUT2D eigenvalue weighted by atomic mass is 19.1. The highest BCUT2D eigenvalue weighted by molar-refractivity contribution is 5.99. The Kier molecular flexibility index (Phi) is 6.45. The lowest BCUT2D eigenvalue weighted by molar-refractivity contribution is -0.141. The lowest BCUT2D eigenvalue weighted by Crippen LogP contribution is -2.43. The third-order valence-corrected chi connectivity index (χ3v) is 9.10. The van der Waals surface area contributed by atoms with Gasteiger partial charge in [0.1, 0.15) is 29.5 Å². The van der Waals surface area contributed by atoms with Gasteiger partial charge in [0.2, 0.25) is 0 Å². The van der Waals surface area contributed by atoms with E-state index in [1.807, 2.05) is 4.90 Å². The van der Waals surface area contributed by atoms with E-state index in [4.69, 9.17) is 9.72 Å². The maximum Gasteiger partial charge on any atom is 0.319 e. The number of benzene rings is 2. The van der Waals surface area contributed by atoms with Crippen LogP contribution in [-0.2, 0) is 4.79 Å². The third-order valence-electron chi connectivity index (χ3n) is 9.10. The van der Waals surface area contributed by atoms with Gasteiger partial charge in [-0.15, -0.1) is 0 Å². The minimum atomic E-state index is -0.865. The molecule has 1 atom stereocenters. The molecule has 1 N–H and O–H groups in total. The summed E-state index contributed by atoms with van der Waals surface area (Å²) < 4.78 is 37.6. The average Bonchev–Trinajstić information content (AvgIpc) is 3.57. The predicted octanol–water partition coefficient (Wildman–Crippen LogP) is 5.43. The minimum absolute atomic E-state index is 0.0118. The van der Waals surface area contributed by atoms with E-state index >= 15 is 4.39 Å². The zero-order valence-corrected chi connectivity index (χ0v) is 22.7. The van der Waals surface area contributed by atoms with Crippen LogP contribution in [0.4, 0.5) is 14.6 Å². The topological polar surface area (TPSA) is 91.7 Å². The molecule has 212 valence electrons. The Labute approximate surface area is 236 Å². The number of aromatic nitrogens is 3. The number of rotatable bonds is 6. The van der Waals surface area contributed by atoms with E-state index in [-0.39, 0.29) is 34.7 Å². The second-order valence-corrected chi connectivity index (χ2v) is 11.5. The summed E-state index contributed by atoms with van der Waals surface area (Å²) in [7, 11) is 0. The molecule has 41 heavy (non-hydrogen) atoms. The molecule has 0 spiro atoms. The van der Waals surface area contributed by atoms with E-state index < -0.39 is 23.5 Å². The molecule has 3 aliphatic heterocycles. The first-order valence-corrected chi connectivity index (χ1v) is 14.3. The van der Waals surface area contributed by atoms with Crippen LogP contribution in [0.3, 0.4) is 0 Å². The number of fused-ring (bicyclic) bond motifs is 3. The second kappa shape index (κ2) is 10.2. The number of aliphatic carboxylic acids is 1. The molecule has 8 nitrogen and oxygen atoms in total. The number of hydrogen-bond donors (Lipinski definition) is 1. The number of anilines is 1. The molecular weight excluding hydrogens is 528 g/mol. The van der Waals surface area contributed by atoms with Gasteiger partial charge < -0.3 is 14.7 Å². The zero-order valence-electron chi connectivity index (χ0n) is 22.7. The summed E-state index contributed by atoms with van der Waals surface area (Å²) in [6, 6.07) is 9.97. The van der Waals surface area contributed by atoms with Crippen molar-refractivity contribution < 1.29 is 23.4 Å². The Morgan fingerprint density at radius 3 is 2.61 bits per heavy atom. The maximum atomic E-state index is 16.4. The predicted molar refractivity (Wildman–Crippen MR) is 151 cm³/mol. The number of carboxylic acids is 1. The molecule has 3 fully saturated rings. The van der Waals surface area contributed by atoms with Crippen molar-refractivity contribution in [3.63, 3.8) is 0 Å².